The van der Waals surface area contributed by atoms with Gasteiger partial charge in [-0.05, 0) is 43.3 Å². The second-order valence-corrected chi connectivity index (χ2v) is 6.59. The van der Waals surface area contributed by atoms with Gasteiger partial charge in [-0.1, -0.05) is 60.3 Å². The number of nitrogens with one attached hydrogen (secondary N) is 1. The standard InChI is InChI=1S/C21H19NO2S/c1-16(24-17-10-4-2-5-11-17)21(23)22-19-14-8-9-15-20(19)25-18-12-6-3-7-13-18/h2-16H,1H3,(H,22,23). The van der Waals surface area contributed by atoms with Crippen molar-refractivity contribution < 1.29 is 9.53 Å². The smallest absolute Gasteiger partial charge is 0.265 e. The Kier molecular flexibility index (Phi) is 5.75. The van der Waals surface area contributed by atoms with E-state index in [2.05, 4.69) is 5.32 Å². The fraction of sp³-hybridized carbons (Fsp3) is 0.0952. The van der Waals surface area contributed by atoms with Crippen molar-refractivity contribution in [3.05, 3.63) is 84.9 Å². The minimum Gasteiger partial charge on any atom is -0.481 e. The van der Waals surface area contributed by atoms with Gasteiger partial charge < -0.3 is 10.1 Å². The van der Waals surface area contributed by atoms with E-state index in [0.717, 1.165) is 15.5 Å². The Morgan fingerprint density at radius 3 is 2.20 bits per heavy atom. The van der Waals surface area contributed by atoms with Crippen molar-refractivity contribution in [2.75, 3.05) is 5.32 Å². The SMILES string of the molecule is CC(Oc1ccccc1)C(=O)Nc1ccccc1Sc1ccccc1. The molecule has 1 atom stereocenters. The molecule has 4 heteroatoms. The molecule has 3 aromatic rings. The summed E-state index contributed by atoms with van der Waals surface area (Å²) in [5.41, 5.74) is 0.782. The van der Waals surface area contributed by atoms with E-state index in [4.69, 9.17) is 4.74 Å². The molecule has 0 bridgehead atoms. The largest absolute Gasteiger partial charge is 0.481 e. The van der Waals surface area contributed by atoms with E-state index in [1.807, 2.05) is 84.9 Å². The Morgan fingerprint density at radius 1 is 0.880 bits per heavy atom. The number of hydrogen-bond donors (Lipinski definition) is 1. The summed E-state index contributed by atoms with van der Waals surface area (Å²) in [6.07, 6.45) is -0.586. The number of rotatable bonds is 6. The molecule has 0 radical (unpaired) electrons. The number of carbonyl (C=O) groups excluding carboxylic acids is 1. The Bertz CT molecular complexity index is 822. The van der Waals surface area contributed by atoms with Crippen molar-refractivity contribution >= 4 is 23.4 Å². The summed E-state index contributed by atoms with van der Waals surface area (Å²) in [6, 6.07) is 27.2. The van der Waals surface area contributed by atoms with Gasteiger partial charge in [-0.15, -0.1) is 0 Å². The first-order valence-corrected chi connectivity index (χ1v) is 8.88. The third kappa shape index (κ3) is 4.88. The van der Waals surface area contributed by atoms with Crippen LogP contribution in [0.15, 0.2) is 94.7 Å². The van der Waals surface area contributed by atoms with Gasteiger partial charge in [-0.25, -0.2) is 0 Å². The van der Waals surface area contributed by atoms with Crippen molar-refractivity contribution in [3.63, 3.8) is 0 Å². The van der Waals surface area contributed by atoms with Crippen molar-refractivity contribution in [1.29, 1.82) is 0 Å². The molecule has 1 unspecified atom stereocenters. The Labute approximate surface area is 152 Å². The van der Waals surface area contributed by atoms with Crippen LogP contribution in [0.3, 0.4) is 0 Å². The van der Waals surface area contributed by atoms with Crippen LogP contribution >= 0.6 is 11.8 Å². The summed E-state index contributed by atoms with van der Waals surface area (Å²) >= 11 is 1.62. The van der Waals surface area contributed by atoms with Crippen LogP contribution in [0.5, 0.6) is 5.75 Å². The summed E-state index contributed by atoms with van der Waals surface area (Å²) in [4.78, 5) is 14.6. The average molecular weight is 349 g/mol. The molecule has 25 heavy (non-hydrogen) atoms. The first-order chi connectivity index (χ1) is 12.2. The van der Waals surface area contributed by atoms with Crippen LogP contribution in [-0.4, -0.2) is 12.0 Å². The zero-order chi connectivity index (χ0) is 17.5. The number of carbonyl (C=O) groups is 1. The molecule has 126 valence electrons. The first kappa shape index (κ1) is 17.1. The molecule has 0 saturated carbocycles. The zero-order valence-electron chi connectivity index (χ0n) is 13.9. The molecular weight excluding hydrogens is 330 g/mol. The van der Waals surface area contributed by atoms with Gasteiger partial charge >= 0.3 is 0 Å². The minimum atomic E-state index is -0.586. The van der Waals surface area contributed by atoms with E-state index in [1.165, 1.54) is 0 Å². The van der Waals surface area contributed by atoms with Gasteiger partial charge in [0.2, 0.25) is 0 Å². The monoisotopic (exact) mass is 349 g/mol. The minimum absolute atomic E-state index is 0.176. The van der Waals surface area contributed by atoms with Gasteiger partial charge in [0.1, 0.15) is 5.75 Å². The van der Waals surface area contributed by atoms with Crippen molar-refractivity contribution in [2.24, 2.45) is 0 Å². The third-order valence-corrected chi connectivity index (χ3v) is 4.63. The van der Waals surface area contributed by atoms with Crippen LogP contribution in [0.4, 0.5) is 5.69 Å². The van der Waals surface area contributed by atoms with Crippen LogP contribution < -0.4 is 10.1 Å². The molecule has 0 fully saturated rings. The van der Waals surface area contributed by atoms with E-state index < -0.39 is 6.10 Å². The highest BCUT2D eigenvalue weighted by Gasteiger charge is 2.16. The van der Waals surface area contributed by atoms with Gasteiger partial charge in [0, 0.05) is 9.79 Å². The van der Waals surface area contributed by atoms with E-state index in [-0.39, 0.29) is 5.91 Å². The van der Waals surface area contributed by atoms with Gasteiger partial charge in [-0.3, -0.25) is 4.79 Å². The van der Waals surface area contributed by atoms with Gasteiger partial charge in [-0.2, -0.15) is 0 Å². The van der Waals surface area contributed by atoms with E-state index in [1.54, 1.807) is 18.7 Å². The summed E-state index contributed by atoms with van der Waals surface area (Å²) in [6.45, 7) is 1.75. The maximum absolute atomic E-state index is 12.5. The lowest BCUT2D eigenvalue weighted by molar-refractivity contribution is -0.122. The van der Waals surface area contributed by atoms with Crippen LogP contribution in [0.2, 0.25) is 0 Å². The van der Waals surface area contributed by atoms with Crippen molar-refractivity contribution in [2.45, 2.75) is 22.8 Å². The summed E-state index contributed by atoms with van der Waals surface area (Å²) in [5.74, 6) is 0.502. The fourth-order valence-electron chi connectivity index (χ4n) is 2.27. The lowest BCUT2D eigenvalue weighted by Gasteiger charge is -2.16. The molecule has 0 heterocycles. The molecule has 0 aliphatic rings. The third-order valence-electron chi connectivity index (χ3n) is 3.54. The summed E-state index contributed by atoms with van der Waals surface area (Å²) in [5, 5.41) is 2.97. The molecule has 0 aliphatic heterocycles. The highest BCUT2D eigenvalue weighted by molar-refractivity contribution is 7.99. The van der Waals surface area contributed by atoms with E-state index in [9.17, 15) is 4.79 Å². The molecule has 1 N–H and O–H groups in total. The quantitative estimate of drug-likeness (QED) is 0.661. The van der Waals surface area contributed by atoms with Crippen LogP contribution in [-0.2, 0) is 4.79 Å². The summed E-state index contributed by atoms with van der Waals surface area (Å²) < 4.78 is 5.69. The van der Waals surface area contributed by atoms with Crippen molar-refractivity contribution in [1.82, 2.24) is 0 Å². The number of amides is 1. The van der Waals surface area contributed by atoms with Crippen LogP contribution in [0.25, 0.3) is 0 Å². The molecule has 3 aromatic carbocycles. The number of benzene rings is 3. The molecule has 3 nitrogen and oxygen atoms in total. The van der Waals surface area contributed by atoms with Crippen molar-refractivity contribution in [3.8, 4) is 5.75 Å². The highest BCUT2D eigenvalue weighted by atomic mass is 32.2. The molecule has 0 aliphatic carbocycles. The highest BCUT2D eigenvalue weighted by Crippen LogP contribution is 2.33. The molecule has 1 amide bonds. The topological polar surface area (TPSA) is 38.3 Å². The van der Waals surface area contributed by atoms with E-state index >= 15 is 0 Å². The Balaban J connectivity index is 1.69. The predicted octanol–water partition coefficient (Wildman–Crippen LogP) is 5.24. The number of para-hydroxylation sites is 2. The zero-order valence-corrected chi connectivity index (χ0v) is 14.7. The maximum Gasteiger partial charge on any atom is 0.265 e. The second-order valence-electron chi connectivity index (χ2n) is 5.47. The Hall–Kier alpha value is -2.72. The van der Waals surface area contributed by atoms with Crippen LogP contribution in [0.1, 0.15) is 6.92 Å². The lowest BCUT2D eigenvalue weighted by Crippen LogP contribution is -2.30. The molecule has 0 spiro atoms. The molecule has 3 rings (SSSR count). The maximum atomic E-state index is 12.5. The molecule has 0 saturated heterocycles. The van der Waals surface area contributed by atoms with Crippen LogP contribution in [0, 0.1) is 0 Å². The molecular formula is C21H19NO2S. The van der Waals surface area contributed by atoms with Gasteiger partial charge in [0.15, 0.2) is 6.10 Å². The first-order valence-electron chi connectivity index (χ1n) is 8.07. The lowest BCUT2D eigenvalue weighted by atomic mass is 10.3. The van der Waals surface area contributed by atoms with Gasteiger partial charge in [0.25, 0.3) is 5.91 Å². The van der Waals surface area contributed by atoms with Gasteiger partial charge in [0.05, 0.1) is 5.69 Å². The fourth-order valence-corrected chi connectivity index (χ4v) is 3.19. The number of ether oxygens (including phenoxy) is 1. The molecule has 0 aromatic heterocycles. The predicted molar refractivity (Wildman–Crippen MR) is 102 cm³/mol. The average Bonchev–Trinajstić information content (AvgIpc) is 2.65. The second kappa shape index (κ2) is 8.40. The number of hydrogen-bond acceptors (Lipinski definition) is 3. The normalized spacial score (nSPS) is 11.6. The van der Waals surface area contributed by atoms with E-state index in [0.29, 0.717) is 5.75 Å². The Morgan fingerprint density at radius 2 is 1.48 bits per heavy atom. The summed E-state index contributed by atoms with van der Waals surface area (Å²) in [7, 11) is 0. The number of anilines is 1.